The van der Waals surface area contributed by atoms with Crippen molar-refractivity contribution in [1.29, 1.82) is 0 Å². The summed E-state index contributed by atoms with van der Waals surface area (Å²) in [6, 6.07) is 10.9. The maximum atomic E-state index is 5.20. The normalized spacial score (nSPS) is 12.6. The van der Waals surface area contributed by atoms with Gasteiger partial charge in [0.1, 0.15) is 5.76 Å². The van der Waals surface area contributed by atoms with Crippen molar-refractivity contribution < 1.29 is 4.52 Å². The second-order valence-electron chi connectivity index (χ2n) is 4.31. The van der Waals surface area contributed by atoms with E-state index in [0.29, 0.717) is 6.04 Å². The fourth-order valence-electron chi connectivity index (χ4n) is 1.68. The van der Waals surface area contributed by atoms with Gasteiger partial charge in [-0.1, -0.05) is 17.3 Å². The second-order valence-corrected chi connectivity index (χ2v) is 5.35. The molecule has 1 atom stereocenters. The van der Waals surface area contributed by atoms with Crippen molar-refractivity contribution in [3.8, 4) is 0 Å². The van der Waals surface area contributed by atoms with Crippen LogP contribution in [0, 0.1) is 6.92 Å². The van der Waals surface area contributed by atoms with Crippen molar-refractivity contribution in [2.24, 2.45) is 0 Å². The van der Waals surface area contributed by atoms with E-state index < -0.39 is 0 Å². The molecule has 3 nitrogen and oxygen atoms in total. The van der Waals surface area contributed by atoms with E-state index in [0.717, 1.165) is 17.2 Å². The van der Waals surface area contributed by atoms with Crippen LogP contribution < -0.4 is 5.32 Å². The Balaban J connectivity index is 2.01. The molecule has 18 heavy (non-hydrogen) atoms. The smallest absolute Gasteiger partial charge is 0.147 e. The first-order valence-electron chi connectivity index (χ1n) is 6.01. The molecule has 1 aromatic carbocycles. The molecule has 96 valence electrons. The quantitative estimate of drug-likeness (QED) is 0.836. The van der Waals surface area contributed by atoms with Crippen LogP contribution in [0.3, 0.4) is 0 Å². The van der Waals surface area contributed by atoms with Gasteiger partial charge in [-0.3, -0.25) is 0 Å². The van der Waals surface area contributed by atoms with Gasteiger partial charge < -0.3 is 9.84 Å². The average molecular weight is 262 g/mol. The summed E-state index contributed by atoms with van der Waals surface area (Å²) in [4.78, 5) is 1.25. The van der Waals surface area contributed by atoms with Gasteiger partial charge in [0.05, 0.1) is 11.4 Å². The zero-order chi connectivity index (χ0) is 13.0. The van der Waals surface area contributed by atoms with Crippen LogP contribution in [-0.2, 0) is 5.75 Å². The Kier molecular flexibility index (Phi) is 4.44. The Hall–Kier alpha value is -1.26. The lowest BCUT2D eigenvalue weighted by molar-refractivity contribution is 0.391. The van der Waals surface area contributed by atoms with E-state index in [-0.39, 0.29) is 0 Å². The Morgan fingerprint density at radius 3 is 2.89 bits per heavy atom. The highest BCUT2D eigenvalue weighted by molar-refractivity contribution is 7.98. The molecule has 0 aliphatic carbocycles. The molecule has 4 heteroatoms. The predicted molar refractivity (Wildman–Crippen MR) is 74.7 cm³/mol. The SMILES string of the molecule is CNC(C)c1cccc(SCc2cc(C)no2)c1. The van der Waals surface area contributed by atoms with E-state index in [1.165, 1.54) is 10.5 Å². The van der Waals surface area contributed by atoms with Gasteiger partial charge in [0.2, 0.25) is 0 Å². The lowest BCUT2D eigenvalue weighted by atomic mass is 10.1. The first-order chi connectivity index (χ1) is 8.69. The first kappa shape index (κ1) is 13.2. The number of rotatable bonds is 5. The van der Waals surface area contributed by atoms with Crippen LogP contribution in [0.1, 0.15) is 30.0 Å². The van der Waals surface area contributed by atoms with Crippen molar-refractivity contribution in [1.82, 2.24) is 10.5 Å². The minimum atomic E-state index is 0.373. The molecule has 1 heterocycles. The third-order valence-electron chi connectivity index (χ3n) is 2.85. The van der Waals surface area contributed by atoms with Crippen LogP contribution in [-0.4, -0.2) is 12.2 Å². The number of hydrogen-bond acceptors (Lipinski definition) is 4. The molecule has 1 unspecified atom stereocenters. The van der Waals surface area contributed by atoms with Gasteiger partial charge in [-0.2, -0.15) is 0 Å². The molecule has 0 fully saturated rings. The third-order valence-corrected chi connectivity index (χ3v) is 3.87. The molecule has 0 aliphatic rings. The molecule has 0 aliphatic heterocycles. The Bertz CT molecular complexity index is 510. The summed E-state index contributed by atoms with van der Waals surface area (Å²) in [5.41, 5.74) is 2.24. The van der Waals surface area contributed by atoms with Gasteiger partial charge in [0.25, 0.3) is 0 Å². The molecular formula is C14H18N2OS. The Labute approximate surface area is 112 Å². The highest BCUT2D eigenvalue weighted by atomic mass is 32.2. The maximum absolute atomic E-state index is 5.20. The molecule has 0 radical (unpaired) electrons. The molecule has 0 spiro atoms. The molecule has 1 N–H and O–H groups in total. The largest absolute Gasteiger partial charge is 0.360 e. The van der Waals surface area contributed by atoms with Crippen LogP contribution in [0.5, 0.6) is 0 Å². The van der Waals surface area contributed by atoms with E-state index in [9.17, 15) is 0 Å². The number of nitrogens with zero attached hydrogens (tertiary/aromatic N) is 1. The number of thioether (sulfide) groups is 1. The number of aromatic nitrogens is 1. The molecule has 2 aromatic rings. The zero-order valence-electron chi connectivity index (χ0n) is 10.9. The van der Waals surface area contributed by atoms with Crippen molar-refractivity contribution in [3.63, 3.8) is 0 Å². The highest BCUT2D eigenvalue weighted by Gasteiger charge is 2.05. The second kappa shape index (κ2) is 6.07. The summed E-state index contributed by atoms with van der Waals surface area (Å²) in [7, 11) is 1.97. The van der Waals surface area contributed by atoms with Gasteiger partial charge in [-0.25, -0.2) is 0 Å². The molecule has 2 rings (SSSR count). The third kappa shape index (κ3) is 3.37. The number of hydrogen-bond donors (Lipinski definition) is 1. The van der Waals surface area contributed by atoms with E-state index in [4.69, 9.17) is 4.52 Å². The Morgan fingerprint density at radius 2 is 2.22 bits per heavy atom. The monoisotopic (exact) mass is 262 g/mol. The van der Waals surface area contributed by atoms with Crippen LogP contribution in [0.2, 0.25) is 0 Å². The van der Waals surface area contributed by atoms with E-state index in [1.807, 2.05) is 20.0 Å². The van der Waals surface area contributed by atoms with Crippen LogP contribution in [0.15, 0.2) is 39.8 Å². The van der Waals surface area contributed by atoms with Crippen molar-refractivity contribution in [3.05, 3.63) is 47.3 Å². The van der Waals surface area contributed by atoms with Crippen LogP contribution >= 0.6 is 11.8 Å². The van der Waals surface area contributed by atoms with E-state index in [2.05, 4.69) is 41.7 Å². The van der Waals surface area contributed by atoms with Crippen LogP contribution in [0.4, 0.5) is 0 Å². The van der Waals surface area contributed by atoms with Gasteiger partial charge in [0, 0.05) is 17.0 Å². The van der Waals surface area contributed by atoms with Crippen LogP contribution in [0.25, 0.3) is 0 Å². The molecule has 0 bridgehead atoms. The van der Waals surface area contributed by atoms with Gasteiger partial charge >= 0.3 is 0 Å². The van der Waals surface area contributed by atoms with Crippen molar-refractivity contribution >= 4 is 11.8 Å². The zero-order valence-corrected chi connectivity index (χ0v) is 11.8. The lowest BCUT2D eigenvalue weighted by Gasteiger charge is -2.11. The average Bonchev–Trinajstić information content (AvgIpc) is 2.81. The summed E-state index contributed by atoms with van der Waals surface area (Å²) in [6.45, 7) is 4.09. The maximum Gasteiger partial charge on any atom is 0.147 e. The lowest BCUT2D eigenvalue weighted by Crippen LogP contribution is -2.11. The summed E-state index contributed by atoms with van der Waals surface area (Å²) >= 11 is 1.77. The predicted octanol–water partition coefficient (Wildman–Crippen LogP) is 3.56. The highest BCUT2D eigenvalue weighted by Crippen LogP contribution is 2.25. The van der Waals surface area contributed by atoms with Crippen molar-refractivity contribution in [2.75, 3.05) is 7.05 Å². The topological polar surface area (TPSA) is 38.1 Å². The van der Waals surface area contributed by atoms with Gasteiger partial charge in [-0.05, 0) is 38.6 Å². The molecule has 1 aromatic heterocycles. The van der Waals surface area contributed by atoms with Gasteiger partial charge in [0.15, 0.2) is 0 Å². The van der Waals surface area contributed by atoms with E-state index >= 15 is 0 Å². The van der Waals surface area contributed by atoms with Gasteiger partial charge in [-0.15, -0.1) is 11.8 Å². The fourth-order valence-corrected chi connectivity index (χ4v) is 2.52. The standard InChI is InChI=1S/C14H18N2OS/c1-10-7-13(17-16-10)9-18-14-6-4-5-12(8-14)11(2)15-3/h4-8,11,15H,9H2,1-3H3. The minimum Gasteiger partial charge on any atom is -0.360 e. The van der Waals surface area contributed by atoms with Crippen molar-refractivity contribution in [2.45, 2.75) is 30.5 Å². The summed E-state index contributed by atoms with van der Waals surface area (Å²) in [5, 5.41) is 7.14. The summed E-state index contributed by atoms with van der Waals surface area (Å²) in [5.74, 6) is 1.74. The molecule has 0 saturated heterocycles. The Morgan fingerprint density at radius 1 is 1.39 bits per heavy atom. The fraction of sp³-hybridized carbons (Fsp3) is 0.357. The summed E-state index contributed by atoms with van der Waals surface area (Å²) < 4.78 is 5.20. The minimum absolute atomic E-state index is 0.373. The molecular weight excluding hydrogens is 244 g/mol. The molecule has 0 amide bonds. The number of benzene rings is 1. The summed E-state index contributed by atoms with van der Waals surface area (Å²) in [6.07, 6.45) is 0. The number of nitrogens with one attached hydrogen (secondary N) is 1. The molecule has 0 saturated carbocycles. The van der Waals surface area contributed by atoms with E-state index in [1.54, 1.807) is 11.8 Å². The first-order valence-corrected chi connectivity index (χ1v) is 7.00. The number of aryl methyl sites for hydroxylation is 1.